The van der Waals surface area contributed by atoms with Crippen LogP contribution in [0.2, 0.25) is 0 Å². The van der Waals surface area contributed by atoms with Crippen molar-refractivity contribution in [1.82, 2.24) is 0 Å². The molecule has 0 unspecified atom stereocenters. The fraction of sp³-hybridized carbons (Fsp3) is 0. The first kappa shape index (κ1) is 26.3. The Morgan fingerprint density at radius 2 is 0.913 bits per heavy atom. The van der Waals surface area contributed by atoms with Crippen LogP contribution in [0, 0.1) is 0 Å². The van der Waals surface area contributed by atoms with Gasteiger partial charge in [0, 0.05) is 32.9 Å². The Bertz CT molecular complexity index is 2480. The zero-order valence-corrected chi connectivity index (χ0v) is 25.1. The number of benzene rings is 8. The first-order valence-corrected chi connectivity index (χ1v) is 15.7. The van der Waals surface area contributed by atoms with Crippen molar-refractivity contribution in [2.45, 2.75) is 0 Å². The number of fused-ring (bicyclic) bond motifs is 6. The van der Waals surface area contributed by atoms with Gasteiger partial charge in [-0.25, -0.2) is 0 Å². The molecular weight excluding hydrogens is 558 g/mol. The van der Waals surface area contributed by atoms with Crippen LogP contribution >= 0.6 is 0 Å². The average Bonchev–Trinajstić information content (AvgIpc) is 3.51. The van der Waals surface area contributed by atoms with E-state index in [-0.39, 0.29) is 0 Å². The summed E-state index contributed by atoms with van der Waals surface area (Å²) in [6, 6.07) is 62.5. The highest BCUT2D eigenvalue weighted by molar-refractivity contribution is 6.19. The normalized spacial score (nSPS) is 11.5. The van der Waals surface area contributed by atoms with Gasteiger partial charge in [-0.05, 0) is 81.6 Å². The van der Waals surface area contributed by atoms with E-state index in [0.29, 0.717) is 0 Å². The zero-order valence-electron chi connectivity index (χ0n) is 25.1. The molecule has 0 bridgehead atoms. The molecule has 0 spiro atoms. The van der Waals surface area contributed by atoms with E-state index >= 15 is 0 Å². The molecule has 216 valence electrons. The minimum atomic E-state index is 0.895. The molecule has 46 heavy (non-hydrogen) atoms. The highest BCUT2D eigenvalue weighted by Gasteiger charge is 2.19. The highest BCUT2D eigenvalue weighted by atomic mass is 16.3. The van der Waals surface area contributed by atoms with Crippen molar-refractivity contribution in [1.29, 1.82) is 0 Å². The predicted molar refractivity (Wildman–Crippen MR) is 194 cm³/mol. The number of hydrogen-bond acceptors (Lipinski definition) is 2. The van der Waals surface area contributed by atoms with E-state index in [2.05, 4.69) is 181 Å². The Morgan fingerprint density at radius 1 is 0.348 bits per heavy atom. The van der Waals surface area contributed by atoms with Crippen LogP contribution in [0.25, 0.3) is 65.7 Å². The third-order valence-corrected chi connectivity index (χ3v) is 9.05. The summed E-state index contributed by atoms with van der Waals surface area (Å²) in [5, 5.41) is 6.99. The number of hydrogen-bond donors (Lipinski definition) is 0. The highest BCUT2D eigenvalue weighted by Crippen LogP contribution is 2.44. The van der Waals surface area contributed by atoms with E-state index in [1.165, 1.54) is 32.8 Å². The maximum absolute atomic E-state index is 6.70. The minimum absolute atomic E-state index is 0.895. The molecule has 0 aliphatic rings. The second kappa shape index (κ2) is 10.8. The SMILES string of the molecule is c1ccc(-c2cc3c4ccc(-c5ccc(N(c6ccccc6)c6ccccc6)c6ccccc56)cc4oc3c3ccccc23)cc1. The summed E-state index contributed by atoms with van der Waals surface area (Å²) in [5.41, 5.74) is 9.95. The molecule has 0 N–H and O–H groups in total. The van der Waals surface area contributed by atoms with Crippen LogP contribution in [0.5, 0.6) is 0 Å². The third kappa shape index (κ3) is 4.27. The summed E-state index contributed by atoms with van der Waals surface area (Å²) < 4.78 is 6.70. The lowest BCUT2D eigenvalue weighted by molar-refractivity contribution is 0.673. The quantitative estimate of drug-likeness (QED) is 0.199. The Kier molecular flexibility index (Phi) is 6.17. The molecule has 0 saturated heterocycles. The van der Waals surface area contributed by atoms with Gasteiger partial charge in [0.05, 0.1) is 5.69 Å². The van der Waals surface area contributed by atoms with Gasteiger partial charge in [-0.2, -0.15) is 0 Å². The van der Waals surface area contributed by atoms with Crippen molar-refractivity contribution < 1.29 is 4.42 Å². The summed E-state index contributed by atoms with van der Waals surface area (Å²) in [7, 11) is 0. The standard InChI is InChI=1S/C44H29NO/c1-4-14-30(15-5-1)40-29-41-38-25-24-31(28-43(38)46-44(41)39-23-13-11-21-36(39)40)34-26-27-42(37-22-12-10-20-35(34)37)45(32-16-6-2-7-17-32)33-18-8-3-9-19-33/h1-29H. The van der Waals surface area contributed by atoms with Gasteiger partial charge < -0.3 is 9.32 Å². The topological polar surface area (TPSA) is 16.4 Å². The van der Waals surface area contributed by atoms with E-state index < -0.39 is 0 Å². The Balaban J connectivity index is 1.23. The van der Waals surface area contributed by atoms with Crippen molar-refractivity contribution in [3.8, 4) is 22.3 Å². The van der Waals surface area contributed by atoms with Crippen molar-refractivity contribution in [2.75, 3.05) is 4.90 Å². The molecule has 0 aliphatic heterocycles. The van der Waals surface area contributed by atoms with Gasteiger partial charge in [0.1, 0.15) is 11.2 Å². The molecule has 0 atom stereocenters. The van der Waals surface area contributed by atoms with Crippen LogP contribution in [-0.4, -0.2) is 0 Å². The molecule has 2 nitrogen and oxygen atoms in total. The molecule has 0 amide bonds. The van der Waals surface area contributed by atoms with Crippen LogP contribution in [-0.2, 0) is 0 Å². The Labute approximate surface area is 267 Å². The van der Waals surface area contributed by atoms with Crippen LogP contribution in [0.15, 0.2) is 180 Å². The Morgan fingerprint density at radius 3 is 1.59 bits per heavy atom. The molecule has 1 heterocycles. The lowest BCUT2D eigenvalue weighted by Gasteiger charge is -2.27. The molecule has 0 saturated carbocycles. The minimum Gasteiger partial charge on any atom is -0.455 e. The molecule has 0 fully saturated rings. The second-order valence-corrected chi connectivity index (χ2v) is 11.7. The molecule has 9 aromatic rings. The van der Waals surface area contributed by atoms with E-state index in [0.717, 1.165) is 50.0 Å². The maximum Gasteiger partial charge on any atom is 0.143 e. The molecular formula is C44H29NO. The number of rotatable bonds is 5. The Hall–Kier alpha value is -6.12. The number of para-hydroxylation sites is 2. The lowest BCUT2D eigenvalue weighted by atomic mass is 9.94. The van der Waals surface area contributed by atoms with E-state index in [4.69, 9.17) is 4.42 Å². The summed E-state index contributed by atoms with van der Waals surface area (Å²) in [4.78, 5) is 2.34. The zero-order chi connectivity index (χ0) is 30.5. The van der Waals surface area contributed by atoms with Crippen molar-refractivity contribution in [3.63, 3.8) is 0 Å². The smallest absolute Gasteiger partial charge is 0.143 e. The fourth-order valence-corrected chi connectivity index (χ4v) is 6.93. The van der Waals surface area contributed by atoms with Crippen LogP contribution in [0.4, 0.5) is 17.1 Å². The summed E-state index contributed by atoms with van der Waals surface area (Å²) in [6.45, 7) is 0. The average molecular weight is 588 g/mol. The second-order valence-electron chi connectivity index (χ2n) is 11.7. The summed E-state index contributed by atoms with van der Waals surface area (Å²) in [5.74, 6) is 0. The monoisotopic (exact) mass is 587 g/mol. The van der Waals surface area contributed by atoms with Crippen LogP contribution < -0.4 is 4.90 Å². The first-order valence-electron chi connectivity index (χ1n) is 15.7. The van der Waals surface area contributed by atoms with E-state index in [1.54, 1.807) is 0 Å². The maximum atomic E-state index is 6.70. The number of furan rings is 1. The van der Waals surface area contributed by atoms with E-state index in [1.807, 2.05) is 0 Å². The van der Waals surface area contributed by atoms with Gasteiger partial charge >= 0.3 is 0 Å². The number of nitrogens with zero attached hydrogens (tertiary/aromatic N) is 1. The predicted octanol–water partition coefficient (Wildman–Crippen LogP) is 12.7. The summed E-state index contributed by atoms with van der Waals surface area (Å²) >= 11 is 0. The molecule has 2 heteroatoms. The number of anilines is 3. The van der Waals surface area contributed by atoms with Gasteiger partial charge in [0.25, 0.3) is 0 Å². The molecule has 8 aromatic carbocycles. The van der Waals surface area contributed by atoms with E-state index in [9.17, 15) is 0 Å². The molecule has 1 aromatic heterocycles. The van der Waals surface area contributed by atoms with Gasteiger partial charge in [-0.1, -0.05) is 127 Å². The fourth-order valence-electron chi connectivity index (χ4n) is 6.93. The van der Waals surface area contributed by atoms with Crippen LogP contribution in [0.3, 0.4) is 0 Å². The van der Waals surface area contributed by atoms with Crippen molar-refractivity contribution >= 4 is 60.5 Å². The van der Waals surface area contributed by atoms with Crippen molar-refractivity contribution in [3.05, 3.63) is 176 Å². The lowest BCUT2D eigenvalue weighted by Crippen LogP contribution is -2.10. The van der Waals surface area contributed by atoms with Gasteiger partial charge in [-0.3, -0.25) is 0 Å². The van der Waals surface area contributed by atoms with Crippen molar-refractivity contribution in [2.24, 2.45) is 0 Å². The molecule has 9 rings (SSSR count). The first-order chi connectivity index (χ1) is 22.8. The largest absolute Gasteiger partial charge is 0.455 e. The summed E-state index contributed by atoms with van der Waals surface area (Å²) in [6.07, 6.45) is 0. The van der Waals surface area contributed by atoms with Crippen LogP contribution in [0.1, 0.15) is 0 Å². The third-order valence-electron chi connectivity index (χ3n) is 9.05. The van der Waals surface area contributed by atoms with Gasteiger partial charge in [0.15, 0.2) is 0 Å². The molecule has 0 aliphatic carbocycles. The van der Waals surface area contributed by atoms with Gasteiger partial charge in [-0.15, -0.1) is 0 Å². The molecule has 0 radical (unpaired) electrons. The van der Waals surface area contributed by atoms with Gasteiger partial charge in [0.2, 0.25) is 0 Å².